The predicted molar refractivity (Wildman–Crippen MR) is 117 cm³/mol. The van der Waals surface area contributed by atoms with Crippen molar-refractivity contribution >= 4 is 39.1 Å². The third-order valence-electron chi connectivity index (χ3n) is 5.31. The van der Waals surface area contributed by atoms with E-state index < -0.39 is 17.4 Å². The van der Waals surface area contributed by atoms with Gasteiger partial charge in [0.05, 0.1) is 18.1 Å². The number of ketones is 1. The second kappa shape index (κ2) is 8.19. The fourth-order valence-corrected chi connectivity index (χ4v) is 4.23. The van der Waals surface area contributed by atoms with Gasteiger partial charge in [-0.1, -0.05) is 15.9 Å². The fourth-order valence-electron chi connectivity index (χ4n) is 3.87. The van der Waals surface area contributed by atoms with Crippen LogP contribution in [0.1, 0.15) is 40.2 Å². The van der Waals surface area contributed by atoms with E-state index >= 15 is 0 Å². The van der Waals surface area contributed by atoms with Crippen LogP contribution in [0.25, 0.3) is 0 Å². The van der Waals surface area contributed by atoms with Gasteiger partial charge in [-0.25, -0.2) is 4.79 Å². The lowest BCUT2D eigenvalue weighted by molar-refractivity contribution is -0.148. The molecule has 0 saturated heterocycles. The van der Waals surface area contributed by atoms with Gasteiger partial charge in [0.15, 0.2) is 0 Å². The summed E-state index contributed by atoms with van der Waals surface area (Å²) in [5.41, 5.74) is 1.40. The summed E-state index contributed by atoms with van der Waals surface area (Å²) in [7, 11) is 0. The van der Waals surface area contributed by atoms with Crippen LogP contribution in [-0.2, 0) is 19.7 Å². The molecule has 0 fully saturated rings. The van der Waals surface area contributed by atoms with Crippen molar-refractivity contribution < 1.29 is 19.1 Å². The van der Waals surface area contributed by atoms with Gasteiger partial charge in [-0.05, 0) is 82.6 Å². The molecule has 5 nitrogen and oxygen atoms in total. The van der Waals surface area contributed by atoms with Crippen LogP contribution in [-0.4, -0.2) is 30.5 Å². The van der Waals surface area contributed by atoms with E-state index in [0.29, 0.717) is 0 Å². The number of rotatable bonds is 6. The minimum atomic E-state index is -1.03. The normalized spacial score (nSPS) is 20.5. The summed E-state index contributed by atoms with van der Waals surface area (Å²) in [6.45, 7) is 9.30. The molecule has 0 aromatic heterocycles. The Balaban J connectivity index is 2.17. The molecule has 0 aliphatic carbocycles. The smallest absolute Gasteiger partial charge is 0.330 e. The van der Waals surface area contributed by atoms with E-state index in [1.807, 2.05) is 68.1 Å². The molecular weight excluding hydrogens is 434 g/mol. The number of carbonyl (C=O) groups excluding carboxylic acids is 2. The topological polar surface area (TPSA) is 55.8 Å². The monoisotopic (exact) mass is 459 g/mol. The SMILES string of the molecule is CCOC(=O)C1N(c2ccc(OC(C)C)cc2)c2ccc(Br)cc2C1(C)C(C)=O. The van der Waals surface area contributed by atoms with Crippen molar-refractivity contribution in [3.63, 3.8) is 0 Å². The molecule has 2 aromatic rings. The summed E-state index contributed by atoms with van der Waals surface area (Å²) in [5, 5.41) is 0. The molecule has 6 heteroatoms. The molecule has 29 heavy (non-hydrogen) atoms. The number of ether oxygens (including phenoxy) is 2. The van der Waals surface area contributed by atoms with Crippen molar-refractivity contribution in [2.45, 2.75) is 52.2 Å². The van der Waals surface area contributed by atoms with Crippen LogP contribution in [0, 0.1) is 0 Å². The summed E-state index contributed by atoms with van der Waals surface area (Å²) in [4.78, 5) is 27.8. The number of hydrogen-bond donors (Lipinski definition) is 0. The van der Waals surface area contributed by atoms with Crippen LogP contribution in [0.3, 0.4) is 0 Å². The molecule has 1 aliphatic heterocycles. The zero-order chi connectivity index (χ0) is 21.3. The Morgan fingerprint density at radius 1 is 1.17 bits per heavy atom. The number of nitrogens with zero attached hydrogens (tertiary/aromatic N) is 1. The molecule has 0 radical (unpaired) electrons. The first-order chi connectivity index (χ1) is 13.7. The minimum Gasteiger partial charge on any atom is -0.491 e. The van der Waals surface area contributed by atoms with Gasteiger partial charge in [0.1, 0.15) is 17.6 Å². The van der Waals surface area contributed by atoms with Crippen molar-refractivity contribution in [2.75, 3.05) is 11.5 Å². The molecule has 2 atom stereocenters. The van der Waals surface area contributed by atoms with E-state index in [9.17, 15) is 9.59 Å². The van der Waals surface area contributed by atoms with Crippen molar-refractivity contribution in [3.05, 3.63) is 52.5 Å². The molecule has 0 amide bonds. The molecule has 3 rings (SSSR count). The fraction of sp³-hybridized carbons (Fsp3) is 0.391. The van der Waals surface area contributed by atoms with Gasteiger partial charge >= 0.3 is 5.97 Å². The van der Waals surface area contributed by atoms with Gasteiger partial charge in [0.2, 0.25) is 0 Å². The number of esters is 1. The molecule has 1 aliphatic rings. The lowest BCUT2D eigenvalue weighted by Crippen LogP contribution is -2.51. The van der Waals surface area contributed by atoms with Crippen molar-refractivity contribution in [3.8, 4) is 5.75 Å². The average molecular weight is 460 g/mol. The summed E-state index contributed by atoms with van der Waals surface area (Å²) in [6, 6.07) is 12.5. The van der Waals surface area contributed by atoms with E-state index in [-0.39, 0.29) is 18.5 Å². The Morgan fingerprint density at radius 3 is 2.38 bits per heavy atom. The molecule has 0 saturated carbocycles. The third kappa shape index (κ3) is 3.78. The predicted octanol–water partition coefficient (Wildman–Crippen LogP) is 5.17. The quantitative estimate of drug-likeness (QED) is 0.557. The van der Waals surface area contributed by atoms with Crippen molar-refractivity contribution in [2.24, 2.45) is 0 Å². The van der Waals surface area contributed by atoms with E-state index in [4.69, 9.17) is 9.47 Å². The maximum absolute atomic E-state index is 13.1. The van der Waals surface area contributed by atoms with Crippen LogP contribution >= 0.6 is 15.9 Å². The van der Waals surface area contributed by atoms with Crippen molar-refractivity contribution in [1.29, 1.82) is 0 Å². The van der Waals surface area contributed by atoms with Gasteiger partial charge in [-0.2, -0.15) is 0 Å². The number of fused-ring (bicyclic) bond motifs is 1. The average Bonchev–Trinajstić information content (AvgIpc) is 2.92. The second-order valence-electron chi connectivity index (χ2n) is 7.61. The molecule has 0 spiro atoms. The summed E-state index contributed by atoms with van der Waals surface area (Å²) >= 11 is 3.50. The van der Waals surface area contributed by atoms with Crippen LogP contribution in [0.4, 0.5) is 11.4 Å². The zero-order valence-corrected chi connectivity index (χ0v) is 18.9. The highest BCUT2D eigenvalue weighted by Gasteiger charge is 2.55. The summed E-state index contributed by atoms with van der Waals surface area (Å²) < 4.78 is 12.0. The third-order valence-corrected chi connectivity index (χ3v) is 5.80. The lowest BCUT2D eigenvalue weighted by Gasteiger charge is -2.33. The summed E-state index contributed by atoms with van der Waals surface area (Å²) in [6.07, 6.45) is 0.0685. The van der Waals surface area contributed by atoms with Gasteiger partial charge < -0.3 is 14.4 Å². The molecule has 0 N–H and O–H groups in total. The maximum atomic E-state index is 13.1. The molecule has 1 heterocycles. The first kappa shape index (κ1) is 21.4. The Kier molecular flexibility index (Phi) is 6.03. The highest BCUT2D eigenvalue weighted by molar-refractivity contribution is 9.10. The molecular formula is C23H26BrNO4. The van der Waals surface area contributed by atoms with E-state index in [2.05, 4.69) is 15.9 Å². The maximum Gasteiger partial charge on any atom is 0.330 e. The van der Waals surface area contributed by atoms with Crippen LogP contribution in [0.2, 0.25) is 0 Å². The Morgan fingerprint density at radius 2 is 1.83 bits per heavy atom. The first-order valence-corrected chi connectivity index (χ1v) is 10.5. The minimum absolute atomic E-state index is 0.0685. The standard InChI is InChI=1S/C23H26BrNO4/c1-6-28-22(27)21-23(5,15(4)26)19-13-16(24)7-12-20(19)25(21)17-8-10-18(11-9-17)29-14(2)3/h7-14,21H,6H2,1-5H3. The largest absolute Gasteiger partial charge is 0.491 e. The first-order valence-electron chi connectivity index (χ1n) is 9.73. The number of halogens is 1. The van der Waals surface area contributed by atoms with E-state index in [1.165, 1.54) is 6.92 Å². The highest BCUT2D eigenvalue weighted by atomic mass is 79.9. The number of hydrogen-bond acceptors (Lipinski definition) is 5. The van der Waals surface area contributed by atoms with Gasteiger partial charge in [-0.15, -0.1) is 0 Å². The Bertz CT molecular complexity index is 925. The Hall–Kier alpha value is -2.34. The highest BCUT2D eigenvalue weighted by Crippen LogP contribution is 2.50. The molecule has 2 aromatic carbocycles. The number of anilines is 2. The molecule has 154 valence electrons. The summed E-state index contributed by atoms with van der Waals surface area (Å²) in [5.74, 6) is 0.248. The zero-order valence-electron chi connectivity index (χ0n) is 17.4. The number of benzene rings is 2. The van der Waals surface area contributed by atoms with E-state index in [1.54, 1.807) is 6.92 Å². The number of Topliss-reactive ketones (excluding diaryl/α,β-unsaturated/α-hetero) is 1. The number of carbonyl (C=O) groups is 2. The van der Waals surface area contributed by atoms with Crippen LogP contribution < -0.4 is 9.64 Å². The van der Waals surface area contributed by atoms with Crippen LogP contribution in [0.5, 0.6) is 5.75 Å². The molecule has 2 unspecified atom stereocenters. The lowest BCUT2D eigenvalue weighted by atomic mass is 9.75. The van der Waals surface area contributed by atoms with Crippen molar-refractivity contribution in [1.82, 2.24) is 0 Å². The van der Waals surface area contributed by atoms with Gasteiger partial charge in [-0.3, -0.25) is 4.79 Å². The molecule has 0 bridgehead atoms. The second-order valence-corrected chi connectivity index (χ2v) is 8.52. The van der Waals surface area contributed by atoms with Crippen LogP contribution in [0.15, 0.2) is 46.9 Å². The van der Waals surface area contributed by atoms with Gasteiger partial charge in [0.25, 0.3) is 0 Å². The Labute approximate surface area is 180 Å². The van der Waals surface area contributed by atoms with Gasteiger partial charge in [0, 0.05) is 15.8 Å². The van der Waals surface area contributed by atoms with E-state index in [0.717, 1.165) is 27.2 Å².